The van der Waals surface area contributed by atoms with Gasteiger partial charge in [0.15, 0.2) is 0 Å². The molecule has 1 N–H and O–H groups in total. The molecule has 4 aromatic carbocycles. The summed E-state index contributed by atoms with van der Waals surface area (Å²) in [6.45, 7) is 0. The van der Waals surface area contributed by atoms with E-state index in [0.717, 1.165) is 23.2 Å². The van der Waals surface area contributed by atoms with Gasteiger partial charge in [-0.15, -0.1) is 0 Å². The number of hydrogen-bond acceptors (Lipinski definition) is 2. The van der Waals surface area contributed by atoms with Crippen LogP contribution in [-0.2, 0) is 6.42 Å². The van der Waals surface area contributed by atoms with Crippen molar-refractivity contribution in [3.05, 3.63) is 108 Å². The second-order valence-corrected chi connectivity index (χ2v) is 7.04. The van der Waals surface area contributed by atoms with Crippen LogP contribution in [0.1, 0.15) is 16.7 Å². The number of para-hydroxylation sites is 1. The van der Waals surface area contributed by atoms with Crippen LogP contribution in [0.2, 0.25) is 0 Å². The fraction of sp³-hybridized carbons (Fsp3) is 0.0385. The van der Waals surface area contributed by atoms with Crippen molar-refractivity contribution >= 4 is 11.9 Å². The molecule has 0 unspecified atom stereocenters. The smallest absolute Gasteiger partial charge is 0.132 e. The SMILES string of the molecule is Oc1c(C=Nc2ccc3c(c2)Cc2ccccc2-3)cccc1-c1ccccc1. The lowest BCUT2D eigenvalue weighted by Crippen LogP contribution is -1.86. The van der Waals surface area contributed by atoms with Gasteiger partial charge in [-0.05, 0) is 52.4 Å². The van der Waals surface area contributed by atoms with Gasteiger partial charge in [0, 0.05) is 17.3 Å². The Balaban J connectivity index is 1.46. The third kappa shape index (κ3) is 2.89. The molecule has 134 valence electrons. The average molecular weight is 361 g/mol. The van der Waals surface area contributed by atoms with Crippen LogP contribution in [0.15, 0.2) is 96.0 Å². The molecule has 0 bridgehead atoms. The Bertz CT molecular complexity index is 1190. The van der Waals surface area contributed by atoms with Crippen molar-refractivity contribution in [3.63, 3.8) is 0 Å². The van der Waals surface area contributed by atoms with Gasteiger partial charge in [-0.3, -0.25) is 4.99 Å². The van der Waals surface area contributed by atoms with Crippen molar-refractivity contribution in [1.29, 1.82) is 0 Å². The standard InChI is InChI=1S/C26H19NO/c28-26-20(10-6-12-25(26)18-7-2-1-3-8-18)17-27-22-13-14-24-21(16-22)15-19-9-4-5-11-23(19)24/h1-14,16-17,28H,15H2. The van der Waals surface area contributed by atoms with Crippen LogP contribution >= 0.6 is 0 Å². The van der Waals surface area contributed by atoms with Gasteiger partial charge < -0.3 is 5.11 Å². The number of aliphatic imine (C=N–C) groups is 1. The minimum atomic E-state index is 0.256. The van der Waals surface area contributed by atoms with Crippen LogP contribution < -0.4 is 0 Å². The lowest BCUT2D eigenvalue weighted by Gasteiger charge is -2.07. The first-order valence-corrected chi connectivity index (χ1v) is 9.42. The molecule has 0 fully saturated rings. The molecule has 0 aromatic heterocycles. The van der Waals surface area contributed by atoms with Gasteiger partial charge in [0.2, 0.25) is 0 Å². The van der Waals surface area contributed by atoms with Crippen LogP contribution in [-0.4, -0.2) is 11.3 Å². The average Bonchev–Trinajstić information content (AvgIpc) is 3.11. The number of benzene rings is 4. The molecule has 0 amide bonds. The highest BCUT2D eigenvalue weighted by Gasteiger charge is 2.17. The monoisotopic (exact) mass is 361 g/mol. The Morgan fingerprint density at radius 3 is 2.32 bits per heavy atom. The van der Waals surface area contributed by atoms with Crippen molar-refractivity contribution in [3.8, 4) is 28.0 Å². The zero-order valence-corrected chi connectivity index (χ0v) is 15.3. The number of nitrogens with zero attached hydrogens (tertiary/aromatic N) is 1. The van der Waals surface area contributed by atoms with Crippen LogP contribution in [0.5, 0.6) is 5.75 Å². The molecule has 0 saturated carbocycles. The van der Waals surface area contributed by atoms with Gasteiger partial charge in [-0.1, -0.05) is 72.8 Å². The molecule has 2 heteroatoms. The Kier molecular flexibility index (Phi) is 4.02. The summed E-state index contributed by atoms with van der Waals surface area (Å²) in [4.78, 5) is 4.63. The largest absolute Gasteiger partial charge is 0.507 e. The van der Waals surface area contributed by atoms with Gasteiger partial charge in [-0.25, -0.2) is 0 Å². The third-order valence-electron chi connectivity index (χ3n) is 5.28. The maximum atomic E-state index is 10.7. The minimum absolute atomic E-state index is 0.256. The first-order valence-electron chi connectivity index (χ1n) is 9.42. The molecule has 0 radical (unpaired) electrons. The predicted molar refractivity (Wildman–Crippen MR) is 115 cm³/mol. The number of phenolic OH excluding ortho intramolecular Hbond substituents is 1. The normalized spacial score (nSPS) is 12.1. The molecule has 0 aliphatic heterocycles. The Morgan fingerprint density at radius 2 is 1.43 bits per heavy atom. The van der Waals surface area contributed by atoms with E-state index in [-0.39, 0.29) is 5.75 Å². The summed E-state index contributed by atoms with van der Waals surface area (Å²) < 4.78 is 0. The third-order valence-corrected chi connectivity index (χ3v) is 5.28. The first kappa shape index (κ1) is 16.5. The van der Waals surface area contributed by atoms with Crippen LogP contribution in [0, 0.1) is 0 Å². The van der Waals surface area contributed by atoms with E-state index in [4.69, 9.17) is 0 Å². The van der Waals surface area contributed by atoms with E-state index in [0.29, 0.717) is 5.56 Å². The zero-order chi connectivity index (χ0) is 18.9. The van der Waals surface area contributed by atoms with E-state index in [1.54, 1.807) is 6.21 Å². The molecular weight excluding hydrogens is 342 g/mol. The summed E-state index contributed by atoms with van der Waals surface area (Å²) in [5.74, 6) is 0.256. The summed E-state index contributed by atoms with van der Waals surface area (Å²) in [6, 6.07) is 30.5. The van der Waals surface area contributed by atoms with Crippen LogP contribution in [0.25, 0.3) is 22.3 Å². The number of phenols is 1. The van der Waals surface area contributed by atoms with Crippen molar-refractivity contribution in [1.82, 2.24) is 0 Å². The summed E-state index contributed by atoms with van der Waals surface area (Å²) in [5.41, 5.74) is 8.70. The van der Waals surface area contributed by atoms with E-state index in [1.165, 1.54) is 22.3 Å². The Morgan fingerprint density at radius 1 is 0.679 bits per heavy atom. The van der Waals surface area contributed by atoms with Gasteiger partial charge in [0.25, 0.3) is 0 Å². The highest BCUT2D eigenvalue weighted by Crippen LogP contribution is 2.38. The molecule has 28 heavy (non-hydrogen) atoms. The minimum Gasteiger partial charge on any atom is -0.507 e. The molecule has 0 atom stereocenters. The molecule has 1 aliphatic carbocycles. The zero-order valence-electron chi connectivity index (χ0n) is 15.3. The highest BCUT2D eigenvalue weighted by atomic mass is 16.3. The molecule has 5 rings (SSSR count). The number of fused-ring (bicyclic) bond motifs is 3. The molecule has 2 nitrogen and oxygen atoms in total. The molecule has 1 aliphatic rings. The highest BCUT2D eigenvalue weighted by molar-refractivity contribution is 5.90. The lowest BCUT2D eigenvalue weighted by atomic mass is 10.0. The van der Waals surface area contributed by atoms with Crippen molar-refractivity contribution < 1.29 is 5.11 Å². The van der Waals surface area contributed by atoms with Crippen molar-refractivity contribution in [2.45, 2.75) is 6.42 Å². The van der Waals surface area contributed by atoms with E-state index in [9.17, 15) is 5.11 Å². The van der Waals surface area contributed by atoms with Crippen molar-refractivity contribution in [2.75, 3.05) is 0 Å². The molecular formula is C26H19NO. The molecule has 0 saturated heterocycles. The molecule has 4 aromatic rings. The van der Waals surface area contributed by atoms with Gasteiger partial charge >= 0.3 is 0 Å². The van der Waals surface area contributed by atoms with Gasteiger partial charge in [-0.2, -0.15) is 0 Å². The maximum Gasteiger partial charge on any atom is 0.132 e. The number of rotatable bonds is 3. The summed E-state index contributed by atoms with van der Waals surface area (Å²) in [6.07, 6.45) is 2.69. The topological polar surface area (TPSA) is 32.6 Å². The first-order chi connectivity index (χ1) is 13.8. The van der Waals surface area contributed by atoms with Gasteiger partial charge in [0.1, 0.15) is 5.75 Å². The predicted octanol–water partition coefficient (Wildman–Crippen LogP) is 6.38. The van der Waals surface area contributed by atoms with E-state index in [1.807, 2.05) is 54.6 Å². The fourth-order valence-corrected chi connectivity index (χ4v) is 3.87. The van der Waals surface area contributed by atoms with E-state index < -0.39 is 0 Å². The Labute approximate surface area is 164 Å². The van der Waals surface area contributed by atoms with Crippen molar-refractivity contribution in [2.24, 2.45) is 4.99 Å². The molecule has 0 heterocycles. The number of hydrogen-bond donors (Lipinski definition) is 1. The second kappa shape index (κ2) is 6.82. The summed E-state index contributed by atoms with van der Waals surface area (Å²) in [5, 5.41) is 10.7. The summed E-state index contributed by atoms with van der Waals surface area (Å²) in [7, 11) is 0. The van der Waals surface area contributed by atoms with Gasteiger partial charge in [0.05, 0.1) is 5.69 Å². The summed E-state index contributed by atoms with van der Waals surface area (Å²) >= 11 is 0. The maximum absolute atomic E-state index is 10.7. The Hall–Kier alpha value is -3.65. The van der Waals surface area contributed by atoms with Crippen LogP contribution in [0.4, 0.5) is 5.69 Å². The quantitative estimate of drug-likeness (QED) is 0.372. The van der Waals surface area contributed by atoms with E-state index in [2.05, 4.69) is 41.4 Å². The molecule has 0 spiro atoms. The fourth-order valence-electron chi connectivity index (χ4n) is 3.87. The number of aromatic hydroxyl groups is 1. The second-order valence-electron chi connectivity index (χ2n) is 7.04. The van der Waals surface area contributed by atoms with E-state index >= 15 is 0 Å². The van der Waals surface area contributed by atoms with Crippen LogP contribution in [0.3, 0.4) is 0 Å². The lowest BCUT2D eigenvalue weighted by molar-refractivity contribution is 0.476.